The molecule has 0 unspecified atom stereocenters. The number of halogens is 2. The third-order valence-electron chi connectivity index (χ3n) is 6.29. The molecule has 1 heterocycles. The number of para-hydroxylation sites is 1. The predicted molar refractivity (Wildman–Crippen MR) is 158 cm³/mol. The summed E-state index contributed by atoms with van der Waals surface area (Å²) in [5.74, 6) is -0.584. The number of carbonyl (C=O) groups is 1. The summed E-state index contributed by atoms with van der Waals surface area (Å²) in [7, 11) is -4.02. The monoisotopic (exact) mass is 582 g/mol. The molecule has 0 radical (unpaired) electrons. The first-order valence-electron chi connectivity index (χ1n) is 12.1. The highest BCUT2D eigenvalue weighted by atomic mass is 35.5. The Morgan fingerprint density at radius 3 is 2.33 bits per heavy atom. The van der Waals surface area contributed by atoms with Gasteiger partial charge in [-0.2, -0.15) is 5.10 Å². The van der Waals surface area contributed by atoms with Crippen molar-refractivity contribution in [2.45, 2.75) is 32.6 Å². The van der Waals surface area contributed by atoms with Gasteiger partial charge < -0.3 is 4.57 Å². The van der Waals surface area contributed by atoms with Crippen molar-refractivity contribution in [3.05, 3.63) is 111 Å². The van der Waals surface area contributed by atoms with Crippen LogP contribution in [0.4, 0.5) is 5.69 Å². The van der Waals surface area contributed by atoms with Crippen molar-refractivity contribution in [2.24, 2.45) is 5.10 Å². The Hall–Kier alpha value is -3.59. The maximum absolute atomic E-state index is 13.6. The van der Waals surface area contributed by atoms with Gasteiger partial charge in [-0.05, 0) is 75.7 Å². The zero-order chi connectivity index (χ0) is 28.3. The maximum atomic E-state index is 13.6. The smallest absolute Gasteiger partial charge is 0.264 e. The van der Waals surface area contributed by atoms with Crippen LogP contribution in [-0.2, 0) is 14.8 Å². The van der Waals surface area contributed by atoms with Crippen LogP contribution in [0.25, 0.3) is 5.69 Å². The van der Waals surface area contributed by atoms with Crippen molar-refractivity contribution in [3.63, 3.8) is 0 Å². The summed E-state index contributed by atoms with van der Waals surface area (Å²) in [6.07, 6.45) is 1.52. The van der Waals surface area contributed by atoms with Gasteiger partial charge in [-0.25, -0.2) is 13.8 Å². The summed E-state index contributed by atoms with van der Waals surface area (Å²) in [6.45, 7) is 7.07. The van der Waals surface area contributed by atoms with E-state index in [0.717, 1.165) is 38.1 Å². The fourth-order valence-corrected chi connectivity index (χ4v) is 6.25. The van der Waals surface area contributed by atoms with Gasteiger partial charge >= 0.3 is 0 Å². The number of hydrogen-bond donors (Lipinski definition) is 1. The van der Waals surface area contributed by atoms with E-state index in [4.69, 9.17) is 23.2 Å². The first-order valence-corrected chi connectivity index (χ1v) is 14.3. The first kappa shape index (κ1) is 28.4. The number of carbonyl (C=O) groups excluding carboxylic acids is 1. The van der Waals surface area contributed by atoms with Crippen molar-refractivity contribution in [3.8, 4) is 5.69 Å². The average molecular weight is 584 g/mol. The minimum atomic E-state index is -4.02. The van der Waals surface area contributed by atoms with Crippen LogP contribution in [0, 0.1) is 27.7 Å². The quantitative estimate of drug-likeness (QED) is 0.194. The van der Waals surface area contributed by atoms with E-state index in [1.54, 1.807) is 49.4 Å². The van der Waals surface area contributed by atoms with Crippen molar-refractivity contribution >= 4 is 51.0 Å². The Balaban J connectivity index is 1.57. The summed E-state index contributed by atoms with van der Waals surface area (Å²) in [5.41, 5.74) is 7.85. The van der Waals surface area contributed by atoms with E-state index in [1.165, 1.54) is 18.3 Å². The topological polar surface area (TPSA) is 83.8 Å². The molecular weight excluding hydrogens is 555 g/mol. The van der Waals surface area contributed by atoms with E-state index in [9.17, 15) is 13.2 Å². The van der Waals surface area contributed by atoms with Gasteiger partial charge in [0.15, 0.2) is 0 Å². The predicted octanol–water partition coefficient (Wildman–Crippen LogP) is 6.36. The molecule has 0 aliphatic carbocycles. The molecule has 10 heteroatoms. The number of anilines is 1. The lowest BCUT2D eigenvalue weighted by Gasteiger charge is -2.25. The molecule has 4 aromatic rings. The molecule has 3 aromatic carbocycles. The largest absolute Gasteiger partial charge is 0.316 e. The van der Waals surface area contributed by atoms with Gasteiger partial charge in [0.05, 0.1) is 27.5 Å². The lowest BCUT2D eigenvalue weighted by Crippen LogP contribution is -2.40. The van der Waals surface area contributed by atoms with Gasteiger partial charge in [0.25, 0.3) is 15.9 Å². The summed E-state index contributed by atoms with van der Waals surface area (Å²) in [6, 6.07) is 20.7. The molecule has 0 bridgehead atoms. The Morgan fingerprint density at radius 1 is 0.974 bits per heavy atom. The molecule has 4 rings (SSSR count). The number of sulfonamides is 1. The summed E-state index contributed by atoms with van der Waals surface area (Å²) in [4.78, 5) is 13.0. The standard InChI is InChI=1S/C29H28Cl2N4O3S/c1-19-9-12-25(13-10-19)39(37,38)34(27-8-6-5-7-20(27)2)18-29(36)33-32-17-23-15-21(3)35(22(23)4)28-14-11-24(30)16-26(28)31/h5-17H,18H2,1-4H3,(H,33,36)/b32-17-. The van der Waals surface area contributed by atoms with Crippen LogP contribution < -0.4 is 9.73 Å². The van der Waals surface area contributed by atoms with Gasteiger partial charge in [-0.1, -0.05) is 59.1 Å². The van der Waals surface area contributed by atoms with Gasteiger partial charge in [-0.15, -0.1) is 0 Å². The van der Waals surface area contributed by atoms with Gasteiger partial charge in [0, 0.05) is 22.0 Å². The maximum Gasteiger partial charge on any atom is 0.264 e. The van der Waals surface area contributed by atoms with E-state index >= 15 is 0 Å². The number of nitrogens with one attached hydrogen (secondary N) is 1. The molecular formula is C29H28Cl2N4O3S. The number of nitrogens with zero attached hydrogens (tertiary/aromatic N) is 3. The first-order chi connectivity index (χ1) is 18.5. The van der Waals surface area contributed by atoms with Crippen molar-refractivity contribution in [1.29, 1.82) is 0 Å². The zero-order valence-corrected chi connectivity index (χ0v) is 24.3. The fourth-order valence-electron chi connectivity index (χ4n) is 4.27. The SMILES string of the molecule is Cc1ccc(S(=O)(=O)N(CC(=O)N/N=C\c2cc(C)n(-c3ccc(Cl)cc3Cl)c2C)c2ccccc2C)cc1. The second-order valence-corrected chi connectivity index (χ2v) is 11.9. The van der Waals surface area contributed by atoms with Crippen LogP contribution in [0.1, 0.15) is 28.1 Å². The second kappa shape index (κ2) is 11.7. The van der Waals surface area contributed by atoms with E-state index in [-0.39, 0.29) is 4.90 Å². The molecule has 7 nitrogen and oxygen atoms in total. The number of aryl methyl sites for hydroxylation is 3. The molecule has 1 aromatic heterocycles. The summed E-state index contributed by atoms with van der Waals surface area (Å²) >= 11 is 12.5. The normalized spacial score (nSPS) is 11.6. The van der Waals surface area contributed by atoms with Crippen molar-refractivity contribution in [2.75, 3.05) is 10.8 Å². The Morgan fingerprint density at radius 2 is 1.67 bits per heavy atom. The Bertz CT molecular complexity index is 1660. The highest BCUT2D eigenvalue weighted by molar-refractivity contribution is 7.92. The minimum Gasteiger partial charge on any atom is -0.316 e. The van der Waals surface area contributed by atoms with Gasteiger partial charge in [0.2, 0.25) is 0 Å². The van der Waals surface area contributed by atoms with Crippen LogP contribution in [0.5, 0.6) is 0 Å². The van der Waals surface area contributed by atoms with Crippen molar-refractivity contribution in [1.82, 2.24) is 9.99 Å². The molecule has 0 saturated heterocycles. The second-order valence-electron chi connectivity index (χ2n) is 9.16. The van der Waals surface area contributed by atoms with Gasteiger partial charge in [0.1, 0.15) is 6.54 Å². The Kier molecular flexibility index (Phi) is 8.49. The highest BCUT2D eigenvalue weighted by Gasteiger charge is 2.28. The Labute approximate surface area is 238 Å². The van der Waals surface area contributed by atoms with E-state index in [1.807, 2.05) is 43.5 Å². The third kappa shape index (κ3) is 6.19. The van der Waals surface area contributed by atoms with Gasteiger partial charge in [-0.3, -0.25) is 9.10 Å². The van der Waals surface area contributed by atoms with E-state index in [0.29, 0.717) is 15.7 Å². The zero-order valence-electron chi connectivity index (χ0n) is 21.9. The van der Waals surface area contributed by atoms with Crippen molar-refractivity contribution < 1.29 is 13.2 Å². The molecule has 0 aliphatic rings. The van der Waals surface area contributed by atoms with E-state index in [2.05, 4.69) is 10.5 Å². The molecule has 202 valence electrons. The summed E-state index contributed by atoms with van der Waals surface area (Å²) in [5, 5.41) is 5.16. The van der Waals surface area contributed by atoms with E-state index < -0.39 is 22.5 Å². The number of aromatic nitrogens is 1. The molecule has 0 fully saturated rings. The molecule has 0 aliphatic heterocycles. The number of hydrogen-bond acceptors (Lipinski definition) is 4. The van der Waals surface area contributed by atoms with Crippen LogP contribution in [-0.4, -0.2) is 31.7 Å². The molecule has 1 amide bonds. The third-order valence-corrected chi connectivity index (χ3v) is 8.61. The lowest BCUT2D eigenvalue weighted by molar-refractivity contribution is -0.119. The van der Waals surface area contributed by atoms with Crippen LogP contribution >= 0.6 is 23.2 Å². The number of benzene rings is 3. The highest BCUT2D eigenvalue weighted by Crippen LogP contribution is 2.29. The fraction of sp³-hybridized carbons (Fsp3) is 0.172. The summed E-state index contributed by atoms with van der Waals surface area (Å²) < 4.78 is 30.2. The van der Waals surface area contributed by atoms with Crippen LogP contribution in [0.3, 0.4) is 0 Å². The number of rotatable bonds is 8. The van der Waals surface area contributed by atoms with Crippen LogP contribution in [0.15, 0.2) is 82.8 Å². The van der Waals surface area contributed by atoms with Crippen LogP contribution in [0.2, 0.25) is 10.0 Å². The molecule has 0 atom stereocenters. The average Bonchev–Trinajstić information content (AvgIpc) is 3.16. The number of hydrazone groups is 1. The number of amides is 1. The molecule has 0 spiro atoms. The lowest BCUT2D eigenvalue weighted by atomic mass is 10.2. The molecule has 0 saturated carbocycles. The minimum absolute atomic E-state index is 0.0981. The molecule has 1 N–H and O–H groups in total. The molecule has 39 heavy (non-hydrogen) atoms.